The third kappa shape index (κ3) is 6.96. The van der Waals surface area contributed by atoms with Crippen LogP contribution in [-0.2, 0) is 30.9 Å². The van der Waals surface area contributed by atoms with E-state index in [1.807, 2.05) is 48.5 Å². The Labute approximate surface area is 247 Å². The number of ether oxygens (including phenoxy) is 1. The van der Waals surface area contributed by atoms with Gasteiger partial charge in [0.05, 0.1) is 24.1 Å². The van der Waals surface area contributed by atoms with E-state index >= 15 is 0 Å². The van der Waals surface area contributed by atoms with Crippen LogP contribution >= 0.6 is 0 Å². The number of imidazole rings is 1. The quantitative estimate of drug-likeness (QED) is 0.159. The number of carbonyl (C=O) groups is 1. The summed E-state index contributed by atoms with van der Waals surface area (Å²) in [5.41, 5.74) is 7.06. The molecule has 5 rings (SSSR count). The molecule has 4 aromatic carbocycles. The molecule has 0 spiro atoms. The first-order valence-corrected chi connectivity index (χ1v) is 14.4. The summed E-state index contributed by atoms with van der Waals surface area (Å²) < 4.78 is 7.28. The van der Waals surface area contributed by atoms with Gasteiger partial charge in [0.1, 0.15) is 11.6 Å². The zero-order valence-corrected chi connectivity index (χ0v) is 24.2. The summed E-state index contributed by atoms with van der Waals surface area (Å²) in [6.07, 6.45) is 2.13. The van der Waals surface area contributed by atoms with Crippen molar-refractivity contribution in [2.24, 2.45) is 0 Å². The van der Waals surface area contributed by atoms with Crippen LogP contribution in [0, 0.1) is 0 Å². The molecule has 0 bridgehead atoms. The fraction of sp³-hybridized carbons (Fsp3) is 0.222. The Kier molecular flexibility index (Phi) is 9.47. The van der Waals surface area contributed by atoms with Crippen molar-refractivity contribution < 1.29 is 14.6 Å². The van der Waals surface area contributed by atoms with Crippen LogP contribution in [0.2, 0.25) is 0 Å². The Morgan fingerprint density at radius 1 is 0.786 bits per heavy atom. The number of hydrogen-bond acceptors (Lipinski definition) is 5. The van der Waals surface area contributed by atoms with Gasteiger partial charge in [-0.05, 0) is 41.8 Å². The third-order valence-electron chi connectivity index (χ3n) is 7.38. The number of hydrogen-bond donors (Lipinski definition) is 1. The molecule has 5 aromatic rings. The van der Waals surface area contributed by atoms with E-state index in [0.29, 0.717) is 25.2 Å². The second-order valence-corrected chi connectivity index (χ2v) is 10.5. The summed E-state index contributed by atoms with van der Waals surface area (Å²) in [6.45, 7) is 5.08. The van der Waals surface area contributed by atoms with E-state index in [4.69, 9.17) is 9.72 Å². The van der Waals surface area contributed by atoms with Crippen molar-refractivity contribution >= 4 is 5.97 Å². The summed E-state index contributed by atoms with van der Waals surface area (Å²) >= 11 is 0. The maximum Gasteiger partial charge on any atom is 0.337 e. The number of carbonyl (C=O) groups excluding carboxylic acids is 1. The molecule has 0 amide bonds. The highest BCUT2D eigenvalue weighted by Crippen LogP contribution is 2.32. The zero-order valence-electron chi connectivity index (χ0n) is 24.2. The van der Waals surface area contributed by atoms with Crippen molar-refractivity contribution in [3.63, 3.8) is 0 Å². The van der Waals surface area contributed by atoms with E-state index in [1.165, 1.54) is 12.8 Å². The van der Waals surface area contributed by atoms with Crippen molar-refractivity contribution in [2.45, 2.75) is 45.9 Å². The molecule has 1 N–H and O–H groups in total. The summed E-state index contributed by atoms with van der Waals surface area (Å²) in [5, 5.41) is 9.88. The SMILES string of the molecule is CCCCn1c(-c2ccccc2)nc(-c2ccccc2)c1CN(Cc1ccc(O)cc1)Cc1ccc(C(=O)OC)cc1. The molecule has 0 saturated heterocycles. The minimum atomic E-state index is -0.344. The fourth-order valence-corrected chi connectivity index (χ4v) is 5.20. The number of methoxy groups -OCH3 is 1. The number of aromatic nitrogens is 2. The molecule has 0 atom stereocenters. The van der Waals surface area contributed by atoms with Gasteiger partial charge in [0.15, 0.2) is 0 Å². The first-order chi connectivity index (χ1) is 20.6. The predicted octanol–water partition coefficient (Wildman–Crippen LogP) is 7.71. The summed E-state index contributed by atoms with van der Waals surface area (Å²) in [7, 11) is 1.39. The smallest absolute Gasteiger partial charge is 0.337 e. The maximum absolute atomic E-state index is 12.0. The molecule has 0 unspecified atom stereocenters. The maximum atomic E-state index is 12.0. The number of unbranched alkanes of at least 4 members (excludes halogenated alkanes) is 1. The number of esters is 1. The molecular weight excluding hydrogens is 522 g/mol. The molecule has 6 heteroatoms. The standard InChI is InChI=1S/C36H37N3O3/c1-3-4-23-39-33(34(29-11-7-5-8-12-29)37-35(39)30-13-9-6-10-14-30)26-38(25-28-17-21-32(40)22-18-28)24-27-15-19-31(20-16-27)36(41)42-2/h5-22,40H,3-4,23-26H2,1-2H3. The van der Waals surface area contributed by atoms with E-state index in [0.717, 1.165) is 53.2 Å². The summed E-state index contributed by atoms with van der Waals surface area (Å²) in [4.78, 5) is 19.7. The number of rotatable bonds is 12. The Morgan fingerprint density at radius 3 is 1.93 bits per heavy atom. The Bertz CT molecular complexity index is 1580. The van der Waals surface area contributed by atoms with Gasteiger partial charge in [-0.25, -0.2) is 9.78 Å². The molecule has 0 saturated carbocycles. The minimum Gasteiger partial charge on any atom is -0.508 e. The molecule has 1 heterocycles. The fourth-order valence-electron chi connectivity index (χ4n) is 5.20. The highest BCUT2D eigenvalue weighted by molar-refractivity contribution is 5.89. The predicted molar refractivity (Wildman–Crippen MR) is 167 cm³/mol. The van der Waals surface area contributed by atoms with Crippen molar-refractivity contribution in [2.75, 3.05) is 7.11 Å². The largest absolute Gasteiger partial charge is 0.508 e. The van der Waals surface area contributed by atoms with Crippen LogP contribution in [0.1, 0.15) is 46.9 Å². The lowest BCUT2D eigenvalue weighted by Crippen LogP contribution is -2.24. The van der Waals surface area contributed by atoms with Crippen LogP contribution in [0.5, 0.6) is 5.75 Å². The van der Waals surface area contributed by atoms with Crippen molar-refractivity contribution in [1.82, 2.24) is 14.5 Å². The van der Waals surface area contributed by atoms with Crippen LogP contribution in [0.25, 0.3) is 22.6 Å². The summed E-state index contributed by atoms with van der Waals surface area (Å²) in [5.74, 6) is 0.883. The van der Waals surface area contributed by atoms with Crippen LogP contribution in [0.15, 0.2) is 109 Å². The second-order valence-electron chi connectivity index (χ2n) is 10.5. The molecule has 0 fully saturated rings. The number of phenols is 1. The molecule has 0 aliphatic heterocycles. The van der Waals surface area contributed by atoms with Gasteiger partial charge in [-0.2, -0.15) is 0 Å². The molecule has 0 aliphatic carbocycles. The van der Waals surface area contributed by atoms with Gasteiger partial charge < -0.3 is 14.4 Å². The van der Waals surface area contributed by atoms with Crippen LogP contribution < -0.4 is 0 Å². The number of benzene rings is 4. The van der Waals surface area contributed by atoms with Gasteiger partial charge in [-0.3, -0.25) is 4.90 Å². The lowest BCUT2D eigenvalue weighted by Gasteiger charge is -2.25. The van der Waals surface area contributed by atoms with Crippen molar-refractivity contribution in [3.05, 3.63) is 132 Å². The number of nitrogens with zero attached hydrogens (tertiary/aromatic N) is 3. The summed E-state index contributed by atoms with van der Waals surface area (Å²) in [6, 6.07) is 35.8. The molecule has 0 aliphatic rings. The molecule has 42 heavy (non-hydrogen) atoms. The third-order valence-corrected chi connectivity index (χ3v) is 7.38. The van der Waals surface area contributed by atoms with E-state index in [2.05, 4.69) is 64.9 Å². The average molecular weight is 560 g/mol. The topological polar surface area (TPSA) is 67.6 Å². The van der Waals surface area contributed by atoms with Gasteiger partial charge in [-0.1, -0.05) is 98.3 Å². The highest BCUT2D eigenvalue weighted by Gasteiger charge is 2.22. The van der Waals surface area contributed by atoms with E-state index in [-0.39, 0.29) is 11.7 Å². The Hall–Kier alpha value is -4.68. The van der Waals surface area contributed by atoms with Gasteiger partial charge in [0.25, 0.3) is 0 Å². The van der Waals surface area contributed by atoms with Gasteiger partial charge in [0, 0.05) is 37.3 Å². The lowest BCUT2D eigenvalue weighted by molar-refractivity contribution is 0.0600. The molecule has 0 radical (unpaired) electrons. The van der Waals surface area contributed by atoms with E-state index in [1.54, 1.807) is 12.1 Å². The normalized spacial score (nSPS) is 11.1. The molecule has 6 nitrogen and oxygen atoms in total. The average Bonchev–Trinajstić information content (AvgIpc) is 3.39. The monoisotopic (exact) mass is 559 g/mol. The van der Waals surface area contributed by atoms with Gasteiger partial charge in [0.2, 0.25) is 0 Å². The number of phenolic OH excluding ortho intramolecular Hbond substituents is 1. The van der Waals surface area contributed by atoms with E-state index < -0.39 is 0 Å². The highest BCUT2D eigenvalue weighted by atomic mass is 16.5. The first-order valence-electron chi connectivity index (χ1n) is 14.4. The second kappa shape index (κ2) is 13.8. The van der Waals surface area contributed by atoms with Crippen LogP contribution in [-0.4, -0.2) is 32.6 Å². The van der Waals surface area contributed by atoms with E-state index in [9.17, 15) is 9.90 Å². The minimum absolute atomic E-state index is 0.250. The molecule has 1 aromatic heterocycles. The van der Waals surface area contributed by atoms with Crippen molar-refractivity contribution in [3.8, 4) is 28.4 Å². The van der Waals surface area contributed by atoms with Gasteiger partial charge in [-0.15, -0.1) is 0 Å². The van der Waals surface area contributed by atoms with Crippen LogP contribution in [0.3, 0.4) is 0 Å². The molecular formula is C36H37N3O3. The number of aromatic hydroxyl groups is 1. The lowest BCUT2D eigenvalue weighted by atomic mass is 10.1. The van der Waals surface area contributed by atoms with Crippen LogP contribution in [0.4, 0.5) is 0 Å². The van der Waals surface area contributed by atoms with Gasteiger partial charge >= 0.3 is 5.97 Å². The Balaban J connectivity index is 1.58. The zero-order chi connectivity index (χ0) is 29.3. The Morgan fingerprint density at radius 2 is 1.36 bits per heavy atom. The first kappa shape index (κ1) is 28.8. The molecule has 214 valence electrons. The van der Waals surface area contributed by atoms with Crippen molar-refractivity contribution in [1.29, 1.82) is 0 Å².